The molecule has 0 saturated carbocycles. The average Bonchev–Trinajstić information content (AvgIpc) is 2.83. The number of ether oxygens (including phenoxy) is 1. The molecule has 1 heterocycles. The molecule has 7 nitrogen and oxygen atoms in total. The molecule has 2 N–H and O–H groups in total. The Hall–Kier alpha value is -2.15. The molecule has 1 aliphatic rings. The molecule has 0 radical (unpaired) electrons. The van der Waals surface area contributed by atoms with Gasteiger partial charge in [-0.1, -0.05) is 0 Å². The highest BCUT2D eigenvalue weighted by atomic mass is 16.6. The van der Waals surface area contributed by atoms with Crippen LogP contribution in [0.5, 0.6) is 5.75 Å². The van der Waals surface area contributed by atoms with Crippen molar-refractivity contribution < 1.29 is 19.4 Å². The summed E-state index contributed by atoms with van der Waals surface area (Å²) in [5.74, 6) is 0.280. The minimum absolute atomic E-state index is 0.0733. The lowest BCUT2D eigenvalue weighted by molar-refractivity contribution is -0.913. The highest BCUT2D eigenvalue weighted by Gasteiger charge is 2.26. The van der Waals surface area contributed by atoms with Gasteiger partial charge in [0.25, 0.3) is 11.6 Å². The maximum atomic E-state index is 12.5. The number of amides is 1. The normalized spacial score (nSPS) is 17.1. The van der Waals surface area contributed by atoms with Crippen molar-refractivity contribution in [3.63, 3.8) is 0 Å². The zero-order valence-electron chi connectivity index (χ0n) is 13.6. The maximum absolute atomic E-state index is 12.5. The van der Waals surface area contributed by atoms with E-state index in [9.17, 15) is 14.9 Å². The molecule has 0 aromatic heterocycles. The number of nitrogens with one attached hydrogen (secondary N) is 2. The van der Waals surface area contributed by atoms with Gasteiger partial charge in [0.1, 0.15) is 5.75 Å². The number of carbonyl (C=O) groups excluding carboxylic acids is 1. The summed E-state index contributed by atoms with van der Waals surface area (Å²) in [5.41, 5.74) is 0.267. The zero-order valence-corrected chi connectivity index (χ0v) is 13.6. The topological polar surface area (TPSA) is 85.9 Å². The average molecular weight is 322 g/mol. The Labute approximate surface area is 135 Å². The second-order valence-electron chi connectivity index (χ2n) is 5.93. The number of nitro benzene ring substituents is 1. The molecule has 7 heteroatoms. The van der Waals surface area contributed by atoms with E-state index in [1.54, 1.807) is 0 Å². The second kappa shape index (κ2) is 7.92. The van der Waals surface area contributed by atoms with Crippen LogP contribution >= 0.6 is 0 Å². The van der Waals surface area contributed by atoms with Gasteiger partial charge >= 0.3 is 0 Å². The number of hydrogen-bond acceptors (Lipinski definition) is 4. The summed E-state index contributed by atoms with van der Waals surface area (Å²) in [7, 11) is 1.47. The number of nitro groups is 1. The molecule has 1 saturated heterocycles. The van der Waals surface area contributed by atoms with Gasteiger partial charge in [-0.15, -0.1) is 0 Å². The number of benzene rings is 1. The number of hydrogen-bond donors (Lipinski definition) is 2. The quantitative estimate of drug-likeness (QED) is 0.633. The fraction of sp³-hybridized carbons (Fsp3) is 0.562. The van der Waals surface area contributed by atoms with Crippen LogP contribution in [-0.2, 0) is 4.79 Å². The number of methoxy groups -OCH3 is 1. The standard InChI is InChI=1S/C16H23N3O4/c1-12(18-9-5-3-4-6-10-18)16(20)17-14-11-13(19(21)22)7-8-15(14)23-2/h7-8,11-12H,3-6,9-10H2,1-2H3,(H,17,20)/p+1/t12-/m1/s1. The van der Waals surface area contributed by atoms with Gasteiger partial charge in [0, 0.05) is 12.1 Å². The number of likely N-dealkylation sites (tertiary alicyclic amines) is 1. The molecule has 2 rings (SSSR count). The van der Waals surface area contributed by atoms with Gasteiger partial charge in [-0.2, -0.15) is 0 Å². The van der Waals surface area contributed by atoms with Gasteiger partial charge in [-0.05, 0) is 38.7 Å². The molecule has 126 valence electrons. The van der Waals surface area contributed by atoms with Crippen molar-refractivity contribution in [1.29, 1.82) is 0 Å². The summed E-state index contributed by atoms with van der Waals surface area (Å²) in [6, 6.07) is 3.99. The molecule has 1 aliphatic heterocycles. The van der Waals surface area contributed by atoms with Crippen molar-refractivity contribution in [2.24, 2.45) is 0 Å². The maximum Gasteiger partial charge on any atom is 0.282 e. The van der Waals surface area contributed by atoms with Crippen LogP contribution in [0.2, 0.25) is 0 Å². The van der Waals surface area contributed by atoms with E-state index in [2.05, 4.69) is 5.32 Å². The van der Waals surface area contributed by atoms with Crippen LogP contribution in [-0.4, -0.2) is 37.1 Å². The summed E-state index contributed by atoms with van der Waals surface area (Å²) in [6.45, 7) is 3.88. The Kier molecular flexibility index (Phi) is 5.92. The third kappa shape index (κ3) is 4.41. The van der Waals surface area contributed by atoms with Crippen molar-refractivity contribution in [3.05, 3.63) is 28.3 Å². The number of carbonyl (C=O) groups is 1. The first-order chi connectivity index (χ1) is 11.0. The number of anilines is 1. The Bertz CT molecular complexity index is 568. The molecule has 0 unspecified atom stereocenters. The lowest BCUT2D eigenvalue weighted by atomic mass is 10.2. The van der Waals surface area contributed by atoms with E-state index in [1.165, 1.54) is 43.1 Å². The van der Waals surface area contributed by atoms with E-state index in [-0.39, 0.29) is 17.6 Å². The molecule has 1 fully saturated rings. The van der Waals surface area contributed by atoms with Crippen LogP contribution < -0.4 is 15.0 Å². The van der Waals surface area contributed by atoms with Gasteiger partial charge in [0.15, 0.2) is 6.04 Å². The van der Waals surface area contributed by atoms with E-state index in [0.717, 1.165) is 25.9 Å². The summed E-state index contributed by atoms with van der Waals surface area (Å²) < 4.78 is 5.18. The fourth-order valence-corrected chi connectivity index (χ4v) is 2.95. The smallest absolute Gasteiger partial charge is 0.282 e. The minimum atomic E-state index is -0.488. The molecule has 0 spiro atoms. The molecule has 0 aliphatic carbocycles. The lowest BCUT2D eigenvalue weighted by Gasteiger charge is -2.24. The molecule has 1 aromatic rings. The molecule has 0 bridgehead atoms. The minimum Gasteiger partial charge on any atom is -0.495 e. The van der Waals surface area contributed by atoms with Crippen molar-refractivity contribution in [3.8, 4) is 5.75 Å². The van der Waals surface area contributed by atoms with Crippen LogP contribution in [0.15, 0.2) is 18.2 Å². The molecular weight excluding hydrogens is 298 g/mol. The van der Waals surface area contributed by atoms with E-state index in [1.807, 2.05) is 6.92 Å². The van der Waals surface area contributed by atoms with Crippen molar-refractivity contribution in [2.45, 2.75) is 38.6 Å². The van der Waals surface area contributed by atoms with Crippen LogP contribution in [0, 0.1) is 10.1 Å². The second-order valence-corrected chi connectivity index (χ2v) is 5.93. The summed E-state index contributed by atoms with van der Waals surface area (Å²) in [6.07, 6.45) is 4.70. The Morgan fingerprint density at radius 3 is 2.52 bits per heavy atom. The number of rotatable bonds is 5. The van der Waals surface area contributed by atoms with Gasteiger partial charge < -0.3 is 15.0 Å². The Morgan fingerprint density at radius 1 is 1.30 bits per heavy atom. The predicted molar refractivity (Wildman–Crippen MR) is 86.9 cm³/mol. The first-order valence-corrected chi connectivity index (χ1v) is 8.01. The summed E-state index contributed by atoms with van der Waals surface area (Å²) in [5, 5.41) is 13.7. The lowest BCUT2D eigenvalue weighted by Crippen LogP contribution is -3.16. The summed E-state index contributed by atoms with van der Waals surface area (Å²) >= 11 is 0. The largest absolute Gasteiger partial charge is 0.495 e. The van der Waals surface area contributed by atoms with Crippen molar-refractivity contribution in [2.75, 3.05) is 25.5 Å². The predicted octanol–water partition coefficient (Wildman–Crippen LogP) is 1.39. The van der Waals surface area contributed by atoms with Crippen LogP contribution in [0.1, 0.15) is 32.6 Å². The van der Waals surface area contributed by atoms with Crippen molar-refractivity contribution >= 4 is 17.3 Å². The van der Waals surface area contributed by atoms with Gasteiger partial charge in [-0.3, -0.25) is 14.9 Å². The fourth-order valence-electron chi connectivity index (χ4n) is 2.95. The molecule has 1 aromatic carbocycles. The van der Waals surface area contributed by atoms with E-state index >= 15 is 0 Å². The van der Waals surface area contributed by atoms with E-state index in [0.29, 0.717) is 11.4 Å². The summed E-state index contributed by atoms with van der Waals surface area (Å²) in [4.78, 5) is 24.2. The third-order valence-electron chi connectivity index (χ3n) is 4.40. The molecular formula is C16H24N3O4+. The van der Waals surface area contributed by atoms with Crippen LogP contribution in [0.25, 0.3) is 0 Å². The van der Waals surface area contributed by atoms with Crippen LogP contribution in [0.4, 0.5) is 11.4 Å². The Morgan fingerprint density at radius 2 is 1.96 bits per heavy atom. The van der Waals surface area contributed by atoms with Gasteiger partial charge in [0.2, 0.25) is 0 Å². The van der Waals surface area contributed by atoms with Gasteiger partial charge in [0.05, 0.1) is 30.8 Å². The highest BCUT2D eigenvalue weighted by Crippen LogP contribution is 2.28. The van der Waals surface area contributed by atoms with Crippen molar-refractivity contribution in [1.82, 2.24) is 0 Å². The van der Waals surface area contributed by atoms with E-state index in [4.69, 9.17) is 4.74 Å². The van der Waals surface area contributed by atoms with Crippen LogP contribution in [0.3, 0.4) is 0 Å². The first-order valence-electron chi connectivity index (χ1n) is 8.01. The highest BCUT2D eigenvalue weighted by molar-refractivity contribution is 5.95. The van der Waals surface area contributed by atoms with E-state index < -0.39 is 4.92 Å². The van der Waals surface area contributed by atoms with Gasteiger partial charge in [-0.25, -0.2) is 0 Å². The molecule has 1 amide bonds. The Balaban J connectivity index is 2.11. The SMILES string of the molecule is COc1ccc([N+](=O)[O-])cc1NC(=O)[C@@H](C)[NH+]1CCCCCC1. The number of non-ortho nitro benzene ring substituents is 1. The third-order valence-corrected chi connectivity index (χ3v) is 4.40. The number of nitrogens with zero attached hydrogens (tertiary/aromatic N) is 1. The molecule has 1 atom stereocenters. The molecule has 23 heavy (non-hydrogen) atoms. The first kappa shape index (κ1) is 17.2. The number of quaternary nitrogens is 1. The monoisotopic (exact) mass is 322 g/mol. The zero-order chi connectivity index (χ0) is 16.8.